The number of nitrogens with one attached hydrogen (secondary N) is 1. The lowest BCUT2D eigenvalue weighted by Gasteiger charge is -2.26. The Labute approximate surface area is 137 Å². The molecular formula is C18H27FN2O2. The van der Waals surface area contributed by atoms with Crippen LogP contribution in [0.25, 0.3) is 0 Å². The highest BCUT2D eigenvalue weighted by Crippen LogP contribution is 2.27. The third-order valence-electron chi connectivity index (χ3n) is 4.63. The standard InChI is InChI=1S/C18H27FN2O2/c19-15-8-6-13(7-9-15)10-11-21-18(23)17(22)16(20)12-14-4-2-1-3-5-14/h6-9,14,16-17,22H,1-5,10-12,20H2,(H,21,23)/t16-,17?/m1/s1. The van der Waals surface area contributed by atoms with Crippen molar-refractivity contribution in [3.05, 3.63) is 35.6 Å². The van der Waals surface area contributed by atoms with Crippen LogP contribution >= 0.6 is 0 Å². The summed E-state index contributed by atoms with van der Waals surface area (Å²) in [5.74, 6) is -0.169. The SMILES string of the molecule is N[C@H](CC1CCCCC1)C(O)C(=O)NCCc1ccc(F)cc1. The first-order valence-electron chi connectivity index (χ1n) is 8.52. The van der Waals surface area contributed by atoms with E-state index in [-0.39, 0.29) is 5.82 Å². The molecule has 1 unspecified atom stereocenters. The van der Waals surface area contributed by atoms with Gasteiger partial charge in [-0.05, 0) is 36.5 Å². The van der Waals surface area contributed by atoms with Crippen molar-refractivity contribution in [2.24, 2.45) is 11.7 Å². The number of halogens is 1. The van der Waals surface area contributed by atoms with E-state index in [1.54, 1.807) is 12.1 Å². The number of hydrogen-bond donors (Lipinski definition) is 3. The number of rotatable bonds is 7. The second kappa shape index (κ2) is 8.99. The maximum atomic E-state index is 12.8. The summed E-state index contributed by atoms with van der Waals surface area (Å²) in [4.78, 5) is 12.0. The largest absolute Gasteiger partial charge is 0.382 e. The Kier molecular flexibility index (Phi) is 6.99. The highest BCUT2D eigenvalue weighted by molar-refractivity contribution is 5.81. The number of hydrogen-bond acceptors (Lipinski definition) is 3. The lowest BCUT2D eigenvalue weighted by Crippen LogP contribution is -2.47. The second-order valence-corrected chi connectivity index (χ2v) is 6.52. The van der Waals surface area contributed by atoms with Crippen LogP contribution in [0.5, 0.6) is 0 Å². The molecule has 2 atom stereocenters. The monoisotopic (exact) mass is 322 g/mol. The van der Waals surface area contributed by atoms with E-state index in [2.05, 4.69) is 5.32 Å². The number of aliphatic hydroxyl groups excluding tert-OH is 1. The van der Waals surface area contributed by atoms with Crippen molar-refractivity contribution in [3.8, 4) is 0 Å². The summed E-state index contributed by atoms with van der Waals surface area (Å²) < 4.78 is 12.8. The van der Waals surface area contributed by atoms with Crippen molar-refractivity contribution < 1.29 is 14.3 Å². The molecule has 1 aromatic carbocycles. The molecule has 1 aromatic rings. The quantitative estimate of drug-likeness (QED) is 0.720. The average Bonchev–Trinajstić information content (AvgIpc) is 2.56. The molecule has 1 amide bonds. The third kappa shape index (κ3) is 5.92. The van der Waals surface area contributed by atoms with Crippen LogP contribution < -0.4 is 11.1 Å². The second-order valence-electron chi connectivity index (χ2n) is 6.52. The van der Waals surface area contributed by atoms with Gasteiger partial charge in [-0.15, -0.1) is 0 Å². The lowest BCUT2D eigenvalue weighted by atomic mass is 9.84. The fourth-order valence-electron chi connectivity index (χ4n) is 3.22. The number of benzene rings is 1. The van der Waals surface area contributed by atoms with Gasteiger partial charge in [-0.3, -0.25) is 4.79 Å². The molecule has 128 valence electrons. The van der Waals surface area contributed by atoms with Gasteiger partial charge in [-0.25, -0.2) is 4.39 Å². The summed E-state index contributed by atoms with van der Waals surface area (Å²) >= 11 is 0. The molecule has 4 N–H and O–H groups in total. The van der Waals surface area contributed by atoms with Gasteiger partial charge in [0.25, 0.3) is 0 Å². The smallest absolute Gasteiger partial charge is 0.250 e. The van der Waals surface area contributed by atoms with Gasteiger partial charge < -0.3 is 16.2 Å². The van der Waals surface area contributed by atoms with Gasteiger partial charge in [0.05, 0.1) is 0 Å². The molecule has 5 heteroatoms. The number of carbonyl (C=O) groups excluding carboxylic acids is 1. The Morgan fingerprint density at radius 2 is 1.91 bits per heavy atom. The van der Waals surface area contributed by atoms with Gasteiger partial charge in [0.1, 0.15) is 11.9 Å². The van der Waals surface area contributed by atoms with Crippen molar-refractivity contribution in [3.63, 3.8) is 0 Å². The van der Waals surface area contributed by atoms with E-state index < -0.39 is 18.1 Å². The first kappa shape index (κ1) is 17.9. The van der Waals surface area contributed by atoms with Crippen molar-refractivity contribution in [2.75, 3.05) is 6.54 Å². The minimum Gasteiger partial charge on any atom is -0.382 e. The Morgan fingerprint density at radius 1 is 1.26 bits per heavy atom. The van der Waals surface area contributed by atoms with Crippen LogP contribution in [0.2, 0.25) is 0 Å². The molecule has 0 aromatic heterocycles. The molecule has 0 radical (unpaired) electrons. The van der Waals surface area contributed by atoms with Gasteiger partial charge in [-0.1, -0.05) is 44.2 Å². The third-order valence-corrected chi connectivity index (χ3v) is 4.63. The first-order valence-corrected chi connectivity index (χ1v) is 8.52. The van der Waals surface area contributed by atoms with Crippen molar-refractivity contribution >= 4 is 5.91 Å². The van der Waals surface area contributed by atoms with E-state index in [4.69, 9.17) is 5.73 Å². The summed E-state index contributed by atoms with van der Waals surface area (Å²) in [6.45, 7) is 0.400. The molecule has 1 fully saturated rings. The molecule has 1 aliphatic carbocycles. The molecule has 23 heavy (non-hydrogen) atoms. The molecule has 0 saturated heterocycles. The molecular weight excluding hydrogens is 295 g/mol. The van der Waals surface area contributed by atoms with Crippen LogP contribution in [-0.4, -0.2) is 29.7 Å². The molecule has 0 spiro atoms. The summed E-state index contributed by atoms with van der Waals surface area (Å²) in [6, 6.07) is 5.65. The molecule has 0 heterocycles. The van der Waals surface area contributed by atoms with E-state index in [1.165, 1.54) is 31.4 Å². The van der Waals surface area contributed by atoms with Crippen molar-refractivity contribution in [1.82, 2.24) is 5.32 Å². The van der Waals surface area contributed by atoms with Gasteiger partial charge in [0.2, 0.25) is 5.91 Å². The van der Waals surface area contributed by atoms with E-state index in [9.17, 15) is 14.3 Å². The van der Waals surface area contributed by atoms with Crippen LogP contribution in [0.4, 0.5) is 4.39 Å². The van der Waals surface area contributed by atoms with Crippen LogP contribution in [0.15, 0.2) is 24.3 Å². The molecule has 4 nitrogen and oxygen atoms in total. The van der Waals surface area contributed by atoms with Gasteiger partial charge >= 0.3 is 0 Å². The predicted octanol–water partition coefficient (Wildman–Crippen LogP) is 2.14. The number of amides is 1. The topological polar surface area (TPSA) is 75.3 Å². The van der Waals surface area contributed by atoms with Crippen LogP contribution in [0, 0.1) is 11.7 Å². The highest BCUT2D eigenvalue weighted by Gasteiger charge is 2.26. The molecule has 1 aliphatic rings. The zero-order chi connectivity index (χ0) is 16.7. The molecule has 2 rings (SSSR count). The zero-order valence-electron chi connectivity index (χ0n) is 13.5. The Hall–Kier alpha value is -1.46. The average molecular weight is 322 g/mol. The van der Waals surface area contributed by atoms with E-state index in [0.717, 1.165) is 18.4 Å². The molecule has 0 bridgehead atoms. The van der Waals surface area contributed by atoms with Crippen LogP contribution in [-0.2, 0) is 11.2 Å². The fraction of sp³-hybridized carbons (Fsp3) is 0.611. The van der Waals surface area contributed by atoms with E-state index in [0.29, 0.717) is 25.3 Å². The number of carbonyl (C=O) groups is 1. The minimum atomic E-state index is -1.16. The van der Waals surface area contributed by atoms with Gasteiger partial charge in [-0.2, -0.15) is 0 Å². The lowest BCUT2D eigenvalue weighted by molar-refractivity contribution is -0.130. The number of aliphatic hydroxyl groups is 1. The fourth-order valence-corrected chi connectivity index (χ4v) is 3.22. The molecule has 1 saturated carbocycles. The summed E-state index contributed by atoms with van der Waals surface area (Å²) in [7, 11) is 0. The van der Waals surface area contributed by atoms with Crippen molar-refractivity contribution in [2.45, 2.75) is 57.1 Å². The summed E-state index contributed by atoms with van der Waals surface area (Å²) in [5, 5.41) is 12.8. The predicted molar refractivity (Wildman–Crippen MR) is 88.3 cm³/mol. The number of nitrogens with two attached hydrogens (primary N) is 1. The highest BCUT2D eigenvalue weighted by atomic mass is 19.1. The maximum absolute atomic E-state index is 12.8. The first-order chi connectivity index (χ1) is 11.1. The minimum absolute atomic E-state index is 0.276. The van der Waals surface area contributed by atoms with Gasteiger partial charge in [0, 0.05) is 12.6 Å². The Balaban J connectivity index is 1.69. The maximum Gasteiger partial charge on any atom is 0.250 e. The van der Waals surface area contributed by atoms with E-state index in [1.807, 2.05) is 0 Å². The summed E-state index contributed by atoms with van der Waals surface area (Å²) in [5.41, 5.74) is 6.93. The summed E-state index contributed by atoms with van der Waals surface area (Å²) in [6.07, 6.45) is 6.14. The zero-order valence-corrected chi connectivity index (χ0v) is 13.5. The molecule has 0 aliphatic heterocycles. The van der Waals surface area contributed by atoms with E-state index >= 15 is 0 Å². The van der Waals surface area contributed by atoms with Crippen molar-refractivity contribution in [1.29, 1.82) is 0 Å². The van der Waals surface area contributed by atoms with Crippen LogP contribution in [0.3, 0.4) is 0 Å². The normalized spacial score (nSPS) is 18.4. The van der Waals surface area contributed by atoms with Gasteiger partial charge in [0.15, 0.2) is 0 Å². The van der Waals surface area contributed by atoms with Crippen LogP contribution in [0.1, 0.15) is 44.1 Å². The Morgan fingerprint density at radius 3 is 2.57 bits per heavy atom. The Bertz CT molecular complexity index is 486.